The number of amides is 2. The minimum atomic E-state index is -0.223. The van der Waals surface area contributed by atoms with Gasteiger partial charge >= 0.3 is 0 Å². The number of rotatable bonds is 3. The average Bonchev–Trinajstić information content (AvgIpc) is 2.71. The lowest BCUT2D eigenvalue weighted by molar-refractivity contribution is -0.131. The summed E-state index contributed by atoms with van der Waals surface area (Å²) in [4.78, 5) is 24.9. The molecule has 0 spiro atoms. The minimum Gasteiger partial charge on any atom is -0.397 e. The smallest absolute Gasteiger partial charge is 0.244 e. The molecule has 5 nitrogen and oxygen atoms in total. The number of nitrogens with two attached hydrogens (primary N) is 1. The Morgan fingerprint density at radius 2 is 2.26 bits per heavy atom. The lowest BCUT2D eigenvalue weighted by Crippen LogP contribution is -2.34. The van der Waals surface area contributed by atoms with Gasteiger partial charge < -0.3 is 16.0 Å². The van der Waals surface area contributed by atoms with E-state index in [4.69, 9.17) is 5.73 Å². The number of anilines is 2. The molecule has 0 bridgehead atoms. The number of nitrogen functional groups attached to an aromatic ring is 1. The lowest BCUT2D eigenvalue weighted by atomic mass is 10.1. The second-order valence-electron chi connectivity index (χ2n) is 4.65. The van der Waals surface area contributed by atoms with Crippen LogP contribution >= 0.6 is 15.9 Å². The molecule has 1 aromatic rings. The van der Waals surface area contributed by atoms with Gasteiger partial charge in [-0.3, -0.25) is 9.59 Å². The number of likely N-dealkylation sites (tertiary alicyclic amines) is 1. The van der Waals surface area contributed by atoms with Crippen molar-refractivity contribution >= 4 is 39.1 Å². The number of carbonyl (C=O) groups excluding carboxylic acids is 2. The van der Waals surface area contributed by atoms with Crippen molar-refractivity contribution in [2.75, 3.05) is 24.1 Å². The molecule has 6 heteroatoms. The SMILES string of the molecule is Cc1cc(Br)cc(NC(=O)CN2CCCC2=O)c1N. The average molecular weight is 326 g/mol. The van der Waals surface area contributed by atoms with Crippen LogP contribution in [0.3, 0.4) is 0 Å². The first-order valence-corrected chi connectivity index (χ1v) is 6.90. The maximum Gasteiger partial charge on any atom is 0.244 e. The van der Waals surface area contributed by atoms with Crippen molar-refractivity contribution in [1.82, 2.24) is 4.90 Å². The standard InChI is InChI=1S/C13H16BrN3O2/c1-8-5-9(14)6-10(13(8)15)16-11(18)7-17-4-2-3-12(17)19/h5-6H,2-4,7,15H2,1H3,(H,16,18). The molecule has 1 aromatic carbocycles. The van der Waals surface area contributed by atoms with E-state index in [1.165, 1.54) is 0 Å². The number of aryl methyl sites for hydroxylation is 1. The Morgan fingerprint density at radius 3 is 2.89 bits per heavy atom. The number of hydrogen-bond donors (Lipinski definition) is 2. The number of halogens is 1. The van der Waals surface area contributed by atoms with E-state index in [-0.39, 0.29) is 18.4 Å². The van der Waals surface area contributed by atoms with Gasteiger partial charge in [0.05, 0.1) is 17.9 Å². The third-order valence-corrected chi connectivity index (χ3v) is 3.59. The first-order valence-electron chi connectivity index (χ1n) is 6.10. The molecule has 0 saturated carbocycles. The molecule has 0 atom stereocenters. The van der Waals surface area contributed by atoms with E-state index in [2.05, 4.69) is 21.2 Å². The van der Waals surface area contributed by atoms with Gasteiger partial charge in [-0.2, -0.15) is 0 Å². The van der Waals surface area contributed by atoms with Gasteiger partial charge in [-0.1, -0.05) is 15.9 Å². The fourth-order valence-electron chi connectivity index (χ4n) is 2.09. The first-order chi connectivity index (χ1) is 8.97. The third-order valence-electron chi connectivity index (χ3n) is 3.13. The molecule has 0 aromatic heterocycles. The van der Waals surface area contributed by atoms with Gasteiger partial charge in [0.15, 0.2) is 0 Å². The van der Waals surface area contributed by atoms with Crippen LogP contribution in [0.4, 0.5) is 11.4 Å². The molecule has 2 amide bonds. The second-order valence-corrected chi connectivity index (χ2v) is 5.57. The maximum atomic E-state index is 11.9. The summed E-state index contributed by atoms with van der Waals surface area (Å²) in [5.41, 5.74) is 7.93. The molecule has 2 rings (SSSR count). The predicted molar refractivity (Wildman–Crippen MR) is 77.7 cm³/mol. The van der Waals surface area contributed by atoms with Gasteiger partial charge in [-0.05, 0) is 31.0 Å². The monoisotopic (exact) mass is 325 g/mol. The van der Waals surface area contributed by atoms with Crippen LogP contribution in [-0.4, -0.2) is 29.8 Å². The molecule has 0 radical (unpaired) electrons. The number of nitrogens with one attached hydrogen (secondary N) is 1. The van der Waals surface area contributed by atoms with E-state index in [1.807, 2.05) is 13.0 Å². The quantitative estimate of drug-likeness (QED) is 0.833. The zero-order valence-corrected chi connectivity index (χ0v) is 12.3. The van der Waals surface area contributed by atoms with E-state index >= 15 is 0 Å². The Balaban J connectivity index is 2.05. The van der Waals surface area contributed by atoms with Crippen LogP contribution in [0.15, 0.2) is 16.6 Å². The van der Waals surface area contributed by atoms with Crippen molar-refractivity contribution in [2.45, 2.75) is 19.8 Å². The first kappa shape index (κ1) is 13.9. The van der Waals surface area contributed by atoms with Crippen molar-refractivity contribution in [3.8, 4) is 0 Å². The molecule has 1 fully saturated rings. The Kier molecular flexibility index (Phi) is 4.09. The fraction of sp³-hybridized carbons (Fsp3) is 0.385. The van der Waals surface area contributed by atoms with Gasteiger partial charge in [0.2, 0.25) is 11.8 Å². The predicted octanol–water partition coefficient (Wildman–Crippen LogP) is 1.90. The van der Waals surface area contributed by atoms with E-state index in [0.29, 0.717) is 24.3 Å². The van der Waals surface area contributed by atoms with Gasteiger partial charge in [0.25, 0.3) is 0 Å². The molecular weight excluding hydrogens is 310 g/mol. The molecule has 19 heavy (non-hydrogen) atoms. The molecule has 0 aliphatic carbocycles. The van der Waals surface area contributed by atoms with Gasteiger partial charge in [-0.25, -0.2) is 0 Å². The van der Waals surface area contributed by atoms with Gasteiger partial charge in [-0.15, -0.1) is 0 Å². The van der Waals surface area contributed by atoms with E-state index in [9.17, 15) is 9.59 Å². The van der Waals surface area contributed by atoms with Crippen molar-refractivity contribution in [3.63, 3.8) is 0 Å². The van der Waals surface area contributed by atoms with E-state index in [1.54, 1.807) is 11.0 Å². The molecule has 1 aliphatic rings. The normalized spacial score (nSPS) is 14.8. The topological polar surface area (TPSA) is 75.4 Å². The van der Waals surface area contributed by atoms with Crippen molar-refractivity contribution in [1.29, 1.82) is 0 Å². The number of carbonyl (C=O) groups is 2. The summed E-state index contributed by atoms with van der Waals surface area (Å²) in [6.07, 6.45) is 1.36. The van der Waals surface area contributed by atoms with Gasteiger partial charge in [0, 0.05) is 17.4 Å². The van der Waals surface area contributed by atoms with Crippen LogP contribution in [0.2, 0.25) is 0 Å². The van der Waals surface area contributed by atoms with E-state index < -0.39 is 0 Å². The molecule has 1 heterocycles. The summed E-state index contributed by atoms with van der Waals surface area (Å²) < 4.78 is 0.853. The Labute approximate surface area is 120 Å². The van der Waals surface area contributed by atoms with Crippen molar-refractivity contribution in [3.05, 3.63) is 22.2 Å². The summed E-state index contributed by atoms with van der Waals surface area (Å²) in [7, 11) is 0. The van der Waals surface area contributed by atoms with Crippen LogP contribution < -0.4 is 11.1 Å². The van der Waals surface area contributed by atoms with Crippen LogP contribution in [0.1, 0.15) is 18.4 Å². The summed E-state index contributed by atoms with van der Waals surface area (Å²) in [5.74, 6) is -0.187. The lowest BCUT2D eigenvalue weighted by Gasteiger charge is -2.16. The molecule has 3 N–H and O–H groups in total. The van der Waals surface area contributed by atoms with Crippen LogP contribution in [0, 0.1) is 6.92 Å². The molecule has 1 aliphatic heterocycles. The highest BCUT2D eigenvalue weighted by Crippen LogP contribution is 2.27. The summed E-state index contributed by atoms with van der Waals surface area (Å²) in [6.45, 7) is 2.61. The van der Waals surface area contributed by atoms with Crippen molar-refractivity contribution < 1.29 is 9.59 Å². The Bertz CT molecular complexity index is 531. The van der Waals surface area contributed by atoms with Gasteiger partial charge in [0.1, 0.15) is 0 Å². The highest BCUT2D eigenvalue weighted by molar-refractivity contribution is 9.10. The summed E-state index contributed by atoms with van der Waals surface area (Å²) >= 11 is 3.36. The molecule has 0 unspecified atom stereocenters. The second kappa shape index (κ2) is 5.61. The van der Waals surface area contributed by atoms with Crippen LogP contribution in [0.5, 0.6) is 0 Å². The van der Waals surface area contributed by atoms with Crippen molar-refractivity contribution in [2.24, 2.45) is 0 Å². The number of benzene rings is 1. The number of nitrogens with zero attached hydrogens (tertiary/aromatic N) is 1. The van der Waals surface area contributed by atoms with E-state index in [0.717, 1.165) is 16.5 Å². The Morgan fingerprint density at radius 1 is 1.53 bits per heavy atom. The zero-order chi connectivity index (χ0) is 14.0. The molecular formula is C13H16BrN3O2. The Hall–Kier alpha value is -1.56. The number of hydrogen-bond acceptors (Lipinski definition) is 3. The minimum absolute atomic E-state index is 0.0357. The maximum absolute atomic E-state index is 11.9. The fourth-order valence-corrected chi connectivity index (χ4v) is 2.66. The zero-order valence-electron chi connectivity index (χ0n) is 10.7. The third kappa shape index (κ3) is 3.26. The molecule has 1 saturated heterocycles. The molecule has 102 valence electrons. The van der Waals surface area contributed by atoms with Crippen LogP contribution in [-0.2, 0) is 9.59 Å². The highest BCUT2D eigenvalue weighted by atomic mass is 79.9. The summed E-state index contributed by atoms with van der Waals surface area (Å²) in [6, 6.07) is 3.64. The summed E-state index contributed by atoms with van der Waals surface area (Å²) in [5, 5.41) is 2.75. The highest BCUT2D eigenvalue weighted by Gasteiger charge is 2.22. The van der Waals surface area contributed by atoms with Crippen LogP contribution in [0.25, 0.3) is 0 Å². The largest absolute Gasteiger partial charge is 0.397 e.